The van der Waals surface area contributed by atoms with Crippen LogP contribution >= 0.6 is 0 Å². The SMILES string of the molecule is C=C(CNCCC(=O)O)C(=O)O. The Morgan fingerprint density at radius 2 is 1.92 bits per heavy atom. The molecule has 0 heterocycles. The summed E-state index contributed by atoms with van der Waals surface area (Å²) in [5, 5.41) is 19.2. The molecule has 0 radical (unpaired) electrons. The number of carbonyl (C=O) groups is 2. The summed E-state index contributed by atoms with van der Waals surface area (Å²) in [6.07, 6.45) is -0.0209. The third-order valence-electron chi connectivity index (χ3n) is 1.16. The van der Waals surface area contributed by atoms with Crippen molar-refractivity contribution in [3.05, 3.63) is 12.2 Å². The lowest BCUT2D eigenvalue weighted by atomic mass is 10.3. The molecular formula is C7H11NO4. The fourth-order valence-corrected chi connectivity index (χ4v) is 0.510. The monoisotopic (exact) mass is 173 g/mol. The van der Waals surface area contributed by atoms with Crippen molar-refractivity contribution in [2.75, 3.05) is 13.1 Å². The largest absolute Gasteiger partial charge is 0.481 e. The molecule has 5 nitrogen and oxygen atoms in total. The molecule has 0 aliphatic heterocycles. The Morgan fingerprint density at radius 1 is 1.33 bits per heavy atom. The van der Waals surface area contributed by atoms with Gasteiger partial charge in [-0.25, -0.2) is 4.79 Å². The minimum Gasteiger partial charge on any atom is -0.481 e. The molecule has 5 heteroatoms. The quantitative estimate of drug-likeness (QED) is 0.379. The maximum Gasteiger partial charge on any atom is 0.332 e. The molecule has 0 amide bonds. The molecule has 0 aromatic heterocycles. The molecule has 0 aliphatic carbocycles. The van der Waals surface area contributed by atoms with Crippen molar-refractivity contribution in [3.8, 4) is 0 Å². The molecule has 0 aliphatic rings. The smallest absolute Gasteiger partial charge is 0.332 e. The predicted octanol–water partition coefficient (Wildman–Crippen LogP) is -0.309. The summed E-state index contributed by atoms with van der Waals surface area (Å²) in [5.74, 6) is -1.98. The van der Waals surface area contributed by atoms with E-state index in [1.807, 2.05) is 0 Å². The highest BCUT2D eigenvalue weighted by Crippen LogP contribution is 1.86. The normalized spacial score (nSPS) is 9.33. The summed E-state index contributed by atoms with van der Waals surface area (Å²) < 4.78 is 0. The van der Waals surface area contributed by atoms with Crippen molar-refractivity contribution in [3.63, 3.8) is 0 Å². The second kappa shape index (κ2) is 5.31. The van der Waals surface area contributed by atoms with Crippen molar-refractivity contribution >= 4 is 11.9 Å². The van der Waals surface area contributed by atoms with Crippen LogP contribution in [0.3, 0.4) is 0 Å². The molecule has 0 aromatic carbocycles. The molecular weight excluding hydrogens is 162 g/mol. The molecule has 0 saturated heterocycles. The average Bonchev–Trinajstić information content (AvgIpc) is 1.97. The van der Waals surface area contributed by atoms with E-state index in [0.717, 1.165) is 0 Å². The highest BCUT2D eigenvalue weighted by atomic mass is 16.4. The Hall–Kier alpha value is -1.36. The number of hydrogen-bond acceptors (Lipinski definition) is 3. The molecule has 0 rings (SSSR count). The van der Waals surface area contributed by atoms with Gasteiger partial charge in [0, 0.05) is 18.7 Å². The van der Waals surface area contributed by atoms with Crippen molar-refractivity contribution in [2.45, 2.75) is 6.42 Å². The topological polar surface area (TPSA) is 86.6 Å². The van der Waals surface area contributed by atoms with E-state index in [0.29, 0.717) is 0 Å². The van der Waals surface area contributed by atoms with Gasteiger partial charge in [0.15, 0.2) is 0 Å². The molecule has 0 spiro atoms. The van der Waals surface area contributed by atoms with Gasteiger partial charge in [0.1, 0.15) is 0 Å². The summed E-state index contributed by atoms with van der Waals surface area (Å²) >= 11 is 0. The first-order chi connectivity index (χ1) is 5.54. The minimum atomic E-state index is -1.07. The van der Waals surface area contributed by atoms with Gasteiger partial charge in [-0.15, -0.1) is 0 Å². The molecule has 0 fully saturated rings. The molecule has 68 valence electrons. The first kappa shape index (κ1) is 10.6. The number of hydrogen-bond donors (Lipinski definition) is 3. The van der Waals surface area contributed by atoms with E-state index in [1.165, 1.54) is 0 Å². The zero-order valence-electron chi connectivity index (χ0n) is 6.54. The Labute approximate surface area is 69.7 Å². The van der Waals surface area contributed by atoms with Crippen LogP contribution < -0.4 is 5.32 Å². The fraction of sp³-hybridized carbons (Fsp3) is 0.429. The van der Waals surface area contributed by atoms with Gasteiger partial charge in [-0.1, -0.05) is 6.58 Å². The third-order valence-corrected chi connectivity index (χ3v) is 1.16. The molecule has 0 bridgehead atoms. The van der Waals surface area contributed by atoms with E-state index in [1.54, 1.807) is 0 Å². The summed E-state index contributed by atoms with van der Waals surface area (Å²) in [4.78, 5) is 20.2. The van der Waals surface area contributed by atoms with Crippen LogP contribution in [-0.4, -0.2) is 35.2 Å². The van der Waals surface area contributed by atoms with Crippen LogP contribution in [0.2, 0.25) is 0 Å². The zero-order valence-corrected chi connectivity index (χ0v) is 6.54. The van der Waals surface area contributed by atoms with Crippen LogP contribution in [-0.2, 0) is 9.59 Å². The highest BCUT2D eigenvalue weighted by Gasteiger charge is 2.02. The van der Waals surface area contributed by atoms with Crippen molar-refractivity contribution in [1.29, 1.82) is 0 Å². The summed E-state index contributed by atoms with van der Waals surface area (Å²) in [6, 6.07) is 0. The summed E-state index contributed by atoms with van der Waals surface area (Å²) in [5.41, 5.74) is 0.0281. The van der Waals surface area contributed by atoms with Crippen LogP contribution in [0.25, 0.3) is 0 Å². The molecule has 12 heavy (non-hydrogen) atoms. The van der Waals surface area contributed by atoms with Crippen molar-refractivity contribution < 1.29 is 19.8 Å². The van der Waals surface area contributed by atoms with Gasteiger partial charge >= 0.3 is 11.9 Å². The van der Waals surface area contributed by atoms with Crippen LogP contribution in [0.1, 0.15) is 6.42 Å². The Kier molecular flexibility index (Phi) is 4.71. The second-order valence-corrected chi connectivity index (χ2v) is 2.23. The fourth-order valence-electron chi connectivity index (χ4n) is 0.510. The van der Waals surface area contributed by atoms with Gasteiger partial charge in [-0.2, -0.15) is 0 Å². The zero-order chi connectivity index (χ0) is 9.56. The Morgan fingerprint density at radius 3 is 2.33 bits per heavy atom. The lowest BCUT2D eigenvalue weighted by molar-refractivity contribution is -0.136. The molecule has 0 atom stereocenters. The van der Waals surface area contributed by atoms with Crippen molar-refractivity contribution in [2.24, 2.45) is 0 Å². The van der Waals surface area contributed by atoms with Crippen LogP contribution in [0.15, 0.2) is 12.2 Å². The van der Waals surface area contributed by atoms with Crippen LogP contribution in [0.4, 0.5) is 0 Å². The van der Waals surface area contributed by atoms with E-state index in [-0.39, 0.29) is 25.1 Å². The number of carboxylic acids is 2. The van der Waals surface area contributed by atoms with Crippen LogP contribution in [0, 0.1) is 0 Å². The first-order valence-electron chi connectivity index (χ1n) is 3.37. The number of aliphatic carboxylic acids is 2. The van der Waals surface area contributed by atoms with Gasteiger partial charge in [0.05, 0.1) is 6.42 Å². The lowest BCUT2D eigenvalue weighted by Gasteiger charge is -2.01. The van der Waals surface area contributed by atoms with Crippen LogP contribution in [0.5, 0.6) is 0 Å². The van der Waals surface area contributed by atoms with Gasteiger partial charge in [0.25, 0.3) is 0 Å². The second-order valence-electron chi connectivity index (χ2n) is 2.23. The van der Waals surface area contributed by atoms with E-state index in [2.05, 4.69) is 11.9 Å². The molecule has 0 aromatic rings. The standard InChI is InChI=1S/C7H11NO4/c1-5(7(11)12)4-8-3-2-6(9)10/h8H,1-4H2,(H,9,10)(H,11,12). The number of nitrogens with one attached hydrogen (secondary N) is 1. The van der Waals surface area contributed by atoms with E-state index in [9.17, 15) is 9.59 Å². The average molecular weight is 173 g/mol. The summed E-state index contributed by atoms with van der Waals surface area (Å²) in [6.45, 7) is 3.63. The molecule has 0 unspecified atom stereocenters. The summed E-state index contributed by atoms with van der Waals surface area (Å²) in [7, 11) is 0. The Bertz CT molecular complexity index is 200. The van der Waals surface area contributed by atoms with Gasteiger partial charge < -0.3 is 15.5 Å². The molecule has 3 N–H and O–H groups in total. The molecule has 0 saturated carbocycles. The maximum absolute atomic E-state index is 10.2. The maximum atomic E-state index is 10.2. The van der Waals surface area contributed by atoms with E-state index >= 15 is 0 Å². The third kappa shape index (κ3) is 5.43. The first-order valence-corrected chi connectivity index (χ1v) is 3.37. The van der Waals surface area contributed by atoms with Crippen molar-refractivity contribution in [1.82, 2.24) is 5.32 Å². The van der Waals surface area contributed by atoms with Gasteiger partial charge in [0.2, 0.25) is 0 Å². The predicted molar refractivity (Wildman–Crippen MR) is 41.9 cm³/mol. The van der Waals surface area contributed by atoms with E-state index in [4.69, 9.17) is 10.2 Å². The Balaban J connectivity index is 3.38. The highest BCUT2D eigenvalue weighted by molar-refractivity contribution is 5.86. The van der Waals surface area contributed by atoms with Gasteiger partial charge in [-0.05, 0) is 0 Å². The number of rotatable bonds is 6. The number of carboxylic acid groups (broad SMARTS) is 2. The van der Waals surface area contributed by atoms with E-state index < -0.39 is 11.9 Å². The minimum absolute atomic E-state index is 0.0209. The lowest BCUT2D eigenvalue weighted by Crippen LogP contribution is -2.23. The van der Waals surface area contributed by atoms with Gasteiger partial charge in [-0.3, -0.25) is 4.79 Å².